The van der Waals surface area contributed by atoms with Crippen LogP contribution in [0.15, 0.2) is 12.1 Å². The zero-order valence-corrected chi connectivity index (χ0v) is 12.0. The summed E-state index contributed by atoms with van der Waals surface area (Å²) in [7, 11) is -3.29. The lowest BCUT2D eigenvalue weighted by atomic mass is 10.1. The molecule has 5 heteroatoms. The van der Waals surface area contributed by atoms with Gasteiger partial charge in [0.2, 0.25) is 10.0 Å². The van der Waals surface area contributed by atoms with Crippen molar-refractivity contribution in [2.75, 3.05) is 16.4 Å². The fourth-order valence-corrected chi connectivity index (χ4v) is 3.34. The quantitative estimate of drug-likeness (QED) is 0.840. The summed E-state index contributed by atoms with van der Waals surface area (Å²) in [4.78, 5) is 0. The van der Waals surface area contributed by atoms with Crippen LogP contribution < -0.4 is 4.72 Å². The van der Waals surface area contributed by atoms with Gasteiger partial charge in [-0.1, -0.05) is 17.7 Å². The number of hydrogen-bond donors (Lipinski definition) is 1. The van der Waals surface area contributed by atoms with Crippen LogP contribution in [0.25, 0.3) is 0 Å². The van der Waals surface area contributed by atoms with Gasteiger partial charge in [-0.15, -0.1) is 11.6 Å². The summed E-state index contributed by atoms with van der Waals surface area (Å²) in [5, 5.41) is 0. The molecule has 0 aromatic heterocycles. The van der Waals surface area contributed by atoms with Crippen molar-refractivity contribution < 1.29 is 8.42 Å². The number of hydrogen-bond acceptors (Lipinski definition) is 2. The van der Waals surface area contributed by atoms with E-state index in [2.05, 4.69) is 4.72 Å². The Morgan fingerprint density at radius 3 is 2.18 bits per heavy atom. The molecule has 0 fully saturated rings. The van der Waals surface area contributed by atoms with Crippen molar-refractivity contribution in [3.05, 3.63) is 28.8 Å². The predicted octanol–water partition coefficient (Wildman–Crippen LogP) is 2.98. The molecular formula is C12H18ClNO2S. The van der Waals surface area contributed by atoms with Crippen molar-refractivity contribution in [3.63, 3.8) is 0 Å². The van der Waals surface area contributed by atoms with Crippen molar-refractivity contribution in [2.24, 2.45) is 0 Å². The zero-order chi connectivity index (χ0) is 13.1. The number of anilines is 1. The largest absolute Gasteiger partial charge is 0.283 e. The van der Waals surface area contributed by atoms with E-state index in [1.54, 1.807) is 0 Å². The van der Waals surface area contributed by atoms with E-state index in [9.17, 15) is 8.42 Å². The van der Waals surface area contributed by atoms with E-state index in [4.69, 9.17) is 11.6 Å². The fraction of sp³-hybridized carbons (Fsp3) is 0.500. The maximum atomic E-state index is 11.8. The molecule has 0 aliphatic rings. The van der Waals surface area contributed by atoms with Crippen LogP contribution in [0.4, 0.5) is 5.69 Å². The van der Waals surface area contributed by atoms with Crippen LogP contribution in [0, 0.1) is 20.8 Å². The van der Waals surface area contributed by atoms with Gasteiger partial charge in [0.1, 0.15) is 0 Å². The Labute approximate surface area is 108 Å². The van der Waals surface area contributed by atoms with Crippen LogP contribution in [-0.4, -0.2) is 20.1 Å². The van der Waals surface area contributed by atoms with Crippen molar-refractivity contribution in [1.82, 2.24) is 0 Å². The van der Waals surface area contributed by atoms with Gasteiger partial charge >= 0.3 is 0 Å². The van der Waals surface area contributed by atoms with Crippen LogP contribution in [0.5, 0.6) is 0 Å². The Morgan fingerprint density at radius 1 is 1.18 bits per heavy atom. The highest BCUT2D eigenvalue weighted by Gasteiger charge is 2.13. The van der Waals surface area contributed by atoms with E-state index in [-0.39, 0.29) is 5.75 Å². The van der Waals surface area contributed by atoms with E-state index in [1.165, 1.54) is 0 Å². The number of sulfonamides is 1. The van der Waals surface area contributed by atoms with Gasteiger partial charge < -0.3 is 0 Å². The Bertz CT molecular complexity index is 474. The second-order valence-corrected chi connectivity index (χ2v) is 6.46. The number of aryl methyl sites for hydroxylation is 3. The first kappa shape index (κ1) is 14.3. The maximum absolute atomic E-state index is 11.8. The number of halogens is 1. The predicted molar refractivity (Wildman–Crippen MR) is 73.4 cm³/mol. The summed E-state index contributed by atoms with van der Waals surface area (Å²) in [5.41, 5.74) is 3.70. The lowest BCUT2D eigenvalue weighted by molar-refractivity contribution is 0.600. The monoisotopic (exact) mass is 275 g/mol. The molecule has 1 N–H and O–H groups in total. The molecule has 96 valence electrons. The molecule has 0 saturated carbocycles. The summed E-state index contributed by atoms with van der Waals surface area (Å²) in [6.07, 6.45) is 0.459. The minimum Gasteiger partial charge on any atom is -0.283 e. The molecule has 3 nitrogen and oxygen atoms in total. The first-order valence-electron chi connectivity index (χ1n) is 5.50. The molecule has 0 atom stereocenters. The highest BCUT2D eigenvalue weighted by molar-refractivity contribution is 7.92. The summed E-state index contributed by atoms with van der Waals surface area (Å²) in [6.45, 7) is 5.80. The van der Waals surface area contributed by atoms with Crippen molar-refractivity contribution in [2.45, 2.75) is 27.2 Å². The Hall–Kier alpha value is -0.740. The zero-order valence-electron chi connectivity index (χ0n) is 10.4. The fourth-order valence-electron chi connectivity index (χ4n) is 1.79. The van der Waals surface area contributed by atoms with E-state index < -0.39 is 10.0 Å². The minimum absolute atomic E-state index is 0.0588. The summed E-state index contributed by atoms with van der Waals surface area (Å²) < 4.78 is 26.2. The number of nitrogens with one attached hydrogen (secondary N) is 1. The summed E-state index contributed by atoms with van der Waals surface area (Å²) in [5.74, 6) is 0.413. The normalized spacial score (nSPS) is 11.5. The van der Waals surface area contributed by atoms with Gasteiger partial charge in [-0.3, -0.25) is 4.72 Å². The van der Waals surface area contributed by atoms with Gasteiger partial charge in [-0.05, 0) is 38.3 Å². The molecular weight excluding hydrogens is 258 g/mol. The molecule has 0 spiro atoms. The van der Waals surface area contributed by atoms with Crippen LogP contribution in [0.2, 0.25) is 0 Å². The summed E-state index contributed by atoms with van der Waals surface area (Å²) >= 11 is 5.50. The average molecular weight is 276 g/mol. The van der Waals surface area contributed by atoms with E-state index in [0.717, 1.165) is 16.7 Å². The van der Waals surface area contributed by atoms with Crippen molar-refractivity contribution >= 4 is 27.3 Å². The van der Waals surface area contributed by atoms with Crippen molar-refractivity contribution in [3.8, 4) is 0 Å². The molecule has 1 aromatic carbocycles. The molecule has 1 aromatic rings. The molecule has 0 amide bonds. The topological polar surface area (TPSA) is 46.2 Å². The number of rotatable bonds is 5. The maximum Gasteiger partial charge on any atom is 0.232 e. The Balaban J connectivity index is 2.96. The van der Waals surface area contributed by atoms with Gasteiger partial charge in [0.15, 0.2) is 0 Å². The SMILES string of the molecule is Cc1cc(C)c(NS(=O)(=O)CCCCl)c(C)c1. The van der Waals surface area contributed by atoms with Crippen LogP contribution in [0.3, 0.4) is 0 Å². The molecule has 0 radical (unpaired) electrons. The van der Waals surface area contributed by atoms with Crippen LogP contribution in [-0.2, 0) is 10.0 Å². The smallest absolute Gasteiger partial charge is 0.232 e. The molecule has 0 saturated heterocycles. The van der Waals surface area contributed by atoms with E-state index >= 15 is 0 Å². The van der Waals surface area contributed by atoms with E-state index in [1.807, 2.05) is 32.9 Å². The molecule has 1 rings (SSSR count). The van der Waals surface area contributed by atoms with Crippen LogP contribution >= 0.6 is 11.6 Å². The third kappa shape index (κ3) is 4.21. The highest BCUT2D eigenvalue weighted by atomic mass is 35.5. The van der Waals surface area contributed by atoms with Crippen molar-refractivity contribution in [1.29, 1.82) is 0 Å². The second-order valence-electron chi connectivity index (χ2n) is 4.24. The molecule has 0 aliphatic carbocycles. The first-order valence-corrected chi connectivity index (χ1v) is 7.68. The van der Waals surface area contributed by atoms with E-state index in [0.29, 0.717) is 18.0 Å². The molecule has 0 bridgehead atoms. The van der Waals surface area contributed by atoms with Gasteiger partial charge in [0.25, 0.3) is 0 Å². The number of benzene rings is 1. The Kier molecular flexibility index (Phi) is 4.83. The second kappa shape index (κ2) is 5.74. The molecule has 0 aliphatic heterocycles. The third-order valence-electron chi connectivity index (χ3n) is 2.48. The number of alkyl halides is 1. The van der Waals surface area contributed by atoms with Gasteiger partial charge in [-0.2, -0.15) is 0 Å². The molecule has 17 heavy (non-hydrogen) atoms. The minimum atomic E-state index is -3.29. The highest BCUT2D eigenvalue weighted by Crippen LogP contribution is 2.23. The third-order valence-corrected chi connectivity index (χ3v) is 4.09. The summed E-state index contributed by atoms with van der Waals surface area (Å²) in [6, 6.07) is 3.93. The van der Waals surface area contributed by atoms with Gasteiger partial charge in [0.05, 0.1) is 11.4 Å². The molecule has 0 unspecified atom stereocenters. The van der Waals surface area contributed by atoms with Gasteiger partial charge in [-0.25, -0.2) is 8.42 Å². The molecule has 0 heterocycles. The Morgan fingerprint density at radius 2 is 1.71 bits per heavy atom. The lowest BCUT2D eigenvalue weighted by Gasteiger charge is -2.13. The first-order chi connectivity index (χ1) is 7.85. The van der Waals surface area contributed by atoms with Gasteiger partial charge in [0, 0.05) is 5.88 Å². The lowest BCUT2D eigenvalue weighted by Crippen LogP contribution is -2.18. The van der Waals surface area contributed by atoms with Crippen LogP contribution in [0.1, 0.15) is 23.1 Å². The average Bonchev–Trinajstić information content (AvgIpc) is 2.21. The standard InChI is InChI=1S/C12H18ClNO2S/c1-9-7-10(2)12(11(3)8-9)14-17(15,16)6-4-5-13/h7-8,14H,4-6H2,1-3H3.